The average Bonchev–Trinajstić information content (AvgIpc) is 2.34. The lowest BCUT2D eigenvalue weighted by Gasteiger charge is -2.12. The number of halogens is 3. The van der Waals surface area contributed by atoms with E-state index in [0.29, 0.717) is 22.0 Å². The third-order valence-corrected chi connectivity index (χ3v) is 3.65. The minimum atomic E-state index is -0.387. The zero-order valence-corrected chi connectivity index (χ0v) is 13.3. The summed E-state index contributed by atoms with van der Waals surface area (Å²) in [6.07, 6.45) is 0. The highest BCUT2D eigenvalue weighted by atomic mass is 127. The van der Waals surface area contributed by atoms with Gasteiger partial charge in [0.1, 0.15) is 10.8 Å². The van der Waals surface area contributed by atoms with E-state index in [1.165, 1.54) is 12.1 Å². The molecule has 0 unspecified atom stereocenters. The van der Waals surface area contributed by atoms with Crippen molar-refractivity contribution in [2.75, 3.05) is 5.32 Å². The van der Waals surface area contributed by atoms with Crippen LogP contribution in [0.2, 0.25) is 5.02 Å². The number of hydrogen-bond acceptors (Lipinski definition) is 2. The molecule has 0 aliphatic carbocycles. The van der Waals surface area contributed by atoms with Crippen molar-refractivity contribution in [3.05, 3.63) is 56.4 Å². The smallest absolute Gasteiger partial charge is 0.124 e. The monoisotopic (exact) mass is 406 g/mol. The van der Waals surface area contributed by atoms with Crippen LogP contribution >= 0.6 is 46.4 Å². The van der Waals surface area contributed by atoms with Crippen LogP contribution in [0.25, 0.3) is 0 Å². The first-order chi connectivity index (χ1) is 8.97. The summed E-state index contributed by atoms with van der Waals surface area (Å²) >= 11 is 13.2. The molecule has 0 saturated carbocycles. The Labute approximate surface area is 134 Å². The summed E-state index contributed by atoms with van der Waals surface area (Å²) in [7, 11) is 0. The molecule has 6 heteroatoms. The third kappa shape index (κ3) is 3.55. The Morgan fingerprint density at radius 1 is 1.21 bits per heavy atom. The van der Waals surface area contributed by atoms with Gasteiger partial charge in [0, 0.05) is 14.8 Å². The number of nitrogens with two attached hydrogens (primary N) is 1. The normalized spacial score (nSPS) is 10.3. The zero-order chi connectivity index (χ0) is 14.0. The fourth-order valence-corrected chi connectivity index (χ4v) is 2.64. The lowest BCUT2D eigenvalue weighted by molar-refractivity contribution is 0.628. The molecule has 0 spiro atoms. The minimum absolute atomic E-state index is 0.128. The molecule has 2 nitrogen and oxygen atoms in total. The Balaban J connectivity index is 2.40. The standard InChI is InChI=1S/C13H9ClFIN2S/c14-10-6-8(16)2-4-12(10)18-11-3-1-7(15)5-9(11)13(17)19/h1-6,18H,(H2,17,19). The largest absolute Gasteiger partial charge is 0.389 e. The minimum Gasteiger partial charge on any atom is -0.389 e. The summed E-state index contributed by atoms with van der Waals surface area (Å²) in [6.45, 7) is 0. The number of benzene rings is 2. The molecule has 0 bridgehead atoms. The predicted molar refractivity (Wildman–Crippen MR) is 89.7 cm³/mol. The Bertz CT molecular complexity index is 649. The van der Waals surface area contributed by atoms with E-state index in [-0.39, 0.29) is 10.8 Å². The highest BCUT2D eigenvalue weighted by Crippen LogP contribution is 2.29. The molecule has 0 radical (unpaired) electrons. The molecular weight excluding hydrogens is 398 g/mol. The highest BCUT2D eigenvalue weighted by Gasteiger charge is 2.09. The summed E-state index contributed by atoms with van der Waals surface area (Å²) in [6, 6.07) is 9.80. The summed E-state index contributed by atoms with van der Waals surface area (Å²) < 4.78 is 14.2. The number of rotatable bonds is 3. The highest BCUT2D eigenvalue weighted by molar-refractivity contribution is 14.1. The molecule has 2 aromatic carbocycles. The molecule has 0 saturated heterocycles. The molecule has 0 atom stereocenters. The number of nitrogens with one attached hydrogen (secondary N) is 1. The van der Waals surface area contributed by atoms with Crippen molar-refractivity contribution in [3.63, 3.8) is 0 Å². The van der Waals surface area contributed by atoms with Crippen molar-refractivity contribution in [2.45, 2.75) is 0 Å². The number of anilines is 2. The lowest BCUT2D eigenvalue weighted by Crippen LogP contribution is -2.12. The molecule has 98 valence electrons. The van der Waals surface area contributed by atoms with E-state index < -0.39 is 0 Å². The van der Waals surface area contributed by atoms with Gasteiger partial charge >= 0.3 is 0 Å². The molecule has 0 fully saturated rings. The van der Waals surface area contributed by atoms with Crippen molar-refractivity contribution in [3.8, 4) is 0 Å². The van der Waals surface area contributed by atoms with Gasteiger partial charge in [0.05, 0.1) is 10.7 Å². The van der Waals surface area contributed by atoms with Crippen molar-refractivity contribution in [1.29, 1.82) is 0 Å². The maximum absolute atomic E-state index is 13.2. The molecule has 2 rings (SSSR count). The maximum atomic E-state index is 13.2. The lowest BCUT2D eigenvalue weighted by atomic mass is 10.1. The van der Waals surface area contributed by atoms with Gasteiger partial charge in [-0.2, -0.15) is 0 Å². The van der Waals surface area contributed by atoms with Gasteiger partial charge in [-0.15, -0.1) is 0 Å². The summed E-state index contributed by atoms with van der Waals surface area (Å²) in [5, 5.41) is 3.68. The average molecular weight is 407 g/mol. The van der Waals surface area contributed by atoms with E-state index >= 15 is 0 Å². The molecule has 0 aromatic heterocycles. The Hall–Kier alpha value is -0.920. The van der Waals surface area contributed by atoms with E-state index in [4.69, 9.17) is 29.6 Å². The van der Waals surface area contributed by atoms with E-state index in [0.717, 1.165) is 3.57 Å². The topological polar surface area (TPSA) is 38.0 Å². The van der Waals surface area contributed by atoms with Crippen LogP contribution in [0.1, 0.15) is 5.56 Å². The van der Waals surface area contributed by atoms with Crippen LogP contribution in [0.5, 0.6) is 0 Å². The van der Waals surface area contributed by atoms with Crippen LogP contribution in [0.3, 0.4) is 0 Å². The van der Waals surface area contributed by atoms with Crippen molar-refractivity contribution in [1.82, 2.24) is 0 Å². The quantitative estimate of drug-likeness (QED) is 0.584. The van der Waals surface area contributed by atoms with Gasteiger partial charge in [-0.25, -0.2) is 4.39 Å². The van der Waals surface area contributed by atoms with E-state index in [1.54, 1.807) is 6.07 Å². The first kappa shape index (κ1) is 14.5. The maximum Gasteiger partial charge on any atom is 0.124 e. The van der Waals surface area contributed by atoms with Crippen LogP contribution in [-0.2, 0) is 0 Å². The molecule has 0 amide bonds. The van der Waals surface area contributed by atoms with Crippen LogP contribution in [0.15, 0.2) is 36.4 Å². The van der Waals surface area contributed by atoms with Crippen LogP contribution in [0, 0.1) is 9.39 Å². The fourth-order valence-electron chi connectivity index (χ4n) is 1.57. The Kier molecular flexibility index (Phi) is 4.59. The van der Waals surface area contributed by atoms with Crippen molar-refractivity contribution < 1.29 is 4.39 Å². The molecule has 19 heavy (non-hydrogen) atoms. The van der Waals surface area contributed by atoms with Crippen LogP contribution < -0.4 is 11.1 Å². The van der Waals surface area contributed by atoms with Gasteiger partial charge in [-0.05, 0) is 59.0 Å². The second-order valence-electron chi connectivity index (χ2n) is 3.80. The van der Waals surface area contributed by atoms with Gasteiger partial charge in [-0.3, -0.25) is 0 Å². The fraction of sp³-hybridized carbons (Fsp3) is 0. The summed E-state index contributed by atoms with van der Waals surface area (Å²) in [5.74, 6) is -0.387. The second-order valence-corrected chi connectivity index (χ2v) is 5.90. The van der Waals surface area contributed by atoms with E-state index in [2.05, 4.69) is 27.9 Å². The molecular formula is C13H9ClFIN2S. The first-order valence-electron chi connectivity index (χ1n) is 5.29. The van der Waals surface area contributed by atoms with Crippen molar-refractivity contribution >= 4 is 62.8 Å². The Morgan fingerprint density at radius 2 is 1.89 bits per heavy atom. The molecule has 0 heterocycles. The van der Waals surface area contributed by atoms with Gasteiger partial charge in [0.25, 0.3) is 0 Å². The van der Waals surface area contributed by atoms with Gasteiger partial charge in [-0.1, -0.05) is 23.8 Å². The Morgan fingerprint density at radius 3 is 2.53 bits per heavy atom. The van der Waals surface area contributed by atoms with E-state index in [9.17, 15) is 4.39 Å². The molecule has 0 aliphatic heterocycles. The van der Waals surface area contributed by atoms with Crippen LogP contribution in [-0.4, -0.2) is 4.99 Å². The predicted octanol–water partition coefficient (Wildman–Crippen LogP) is 4.46. The summed E-state index contributed by atoms with van der Waals surface area (Å²) in [5.41, 5.74) is 7.37. The van der Waals surface area contributed by atoms with E-state index in [1.807, 2.05) is 18.2 Å². The summed E-state index contributed by atoms with van der Waals surface area (Å²) in [4.78, 5) is 0.128. The third-order valence-electron chi connectivity index (χ3n) is 2.45. The first-order valence-corrected chi connectivity index (χ1v) is 7.15. The van der Waals surface area contributed by atoms with Gasteiger partial charge in [0.15, 0.2) is 0 Å². The molecule has 2 aromatic rings. The van der Waals surface area contributed by atoms with Gasteiger partial charge in [0.2, 0.25) is 0 Å². The number of thiocarbonyl (C=S) groups is 1. The van der Waals surface area contributed by atoms with Crippen LogP contribution in [0.4, 0.5) is 15.8 Å². The molecule has 3 N–H and O–H groups in total. The SMILES string of the molecule is NC(=S)c1cc(F)ccc1Nc1ccc(I)cc1Cl. The zero-order valence-electron chi connectivity index (χ0n) is 9.58. The van der Waals surface area contributed by atoms with Crippen molar-refractivity contribution in [2.24, 2.45) is 5.73 Å². The number of hydrogen-bond donors (Lipinski definition) is 2. The second kappa shape index (κ2) is 6.02. The van der Waals surface area contributed by atoms with Gasteiger partial charge < -0.3 is 11.1 Å². The molecule has 0 aliphatic rings.